The Labute approximate surface area is 118 Å². The second-order valence-electron chi connectivity index (χ2n) is 6.52. The summed E-state index contributed by atoms with van der Waals surface area (Å²) < 4.78 is 0. The van der Waals surface area contributed by atoms with Gasteiger partial charge in [0.05, 0.1) is 0 Å². The van der Waals surface area contributed by atoms with E-state index in [2.05, 4.69) is 38.1 Å². The predicted molar refractivity (Wildman–Crippen MR) is 83.4 cm³/mol. The summed E-state index contributed by atoms with van der Waals surface area (Å²) in [6, 6.07) is 9.42. The average molecular weight is 259 g/mol. The lowest BCUT2D eigenvalue weighted by Gasteiger charge is -2.22. The van der Waals surface area contributed by atoms with Gasteiger partial charge in [0.15, 0.2) is 0 Å². The lowest BCUT2D eigenvalue weighted by atomic mass is 9.88. The van der Waals surface area contributed by atoms with Crippen LogP contribution in [0.2, 0.25) is 0 Å². The van der Waals surface area contributed by atoms with E-state index >= 15 is 0 Å². The van der Waals surface area contributed by atoms with Crippen molar-refractivity contribution in [3.8, 4) is 0 Å². The van der Waals surface area contributed by atoms with E-state index in [4.69, 9.17) is 5.73 Å². The van der Waals surface area contributed by atoms with Gasteiger partial charge in [-0.15, -0.1) is 0 Å². The molecule has 1 aromatic rings. The van der Waals surface area contributed by atoms with Gasteiger partial charge in [-0.1, -0.05) is 63.8 Å². The highest BCUT2D eigenvalue weighted by molar-refractivity contribution is 5.25. The van der Waals surface area contributed by atoms with Crippen LogP contribution >= 0.6 is 0 Å². The standard InChI is InChI=1S/C18H29N/c1-14(2)16-11-9-15(10-12-16)13-18(19)17-7-5-3-4-6-8-17/h9-12,14,17-18H,3-8,13,19H2,1-2H3. The van der Waals surface area contributed by atoms with Crippen LogP contribution < -0.4 is 5.73 Å². The van der Waals surface area contributed by atoms with Crippen LogP contribution in [0.5, 0.6) is 0 Å². The van der Waals surface area contributed by atoms with Crippen LogP contribution in [-0.2, 0) is 6.42 Å². The molecule has 1 aliphatic carbocycles. The summed E-state index contributed by atoms with van der Waals surface area (Å²) >= 11 is 0. The van der Waals surface area contributed by atoms with Crippen molar-refractivity contribution in [2.24, 2.45) is 11.7 Å². The van der Waals surface area contributed by atoms with Crippen molar-refractivity contribution in [2.45, 2.75) is 70.8 Å². The van der Waals surface area contributed by atoms with Gasteiger partial charge in [-0.05, 0) is 42.2 Å². The van der Waals surface area contributed by atoms with Crippen molar-refractivity contribution in [1.29, 1.82) is 0 Å². The van der Waals surface area contributed by atoms with Crippen LogP contribution in [0.3, 0.4) is 0 Å². The Morgan fingerprint density at radius 1 is 1.00 bits per heavy atom. The first kappa shape index (κ1) is 14.6. The van der Waals surface area contributed by atoms with Crippen molar-refractivity contribution in [3.63, 3.8) is 0 Å². The van der Waals surface area contributed by atoms with Gasteiger partial charge in [0, 0.05) is 6.04 Å². The summed E-state index contributed by atoms with van der Waals surface area (Å²) in [5, 5.41) is 0. The van der Waals surface area contributed by atoms with Crippen LogP contribution in [-0.4, -0.2) is 6.04 Å². The van der Waals surface area contributed by atoms with E-state index in [9.17, 15) is 0 Å². The molecule has 1 unspecified atom stereocenters. The van der Waals surface area contributed by atoms with Gasteiger partial charge in [0.25, 0.3) is 0 Å². The summed E-state index contributed by atoms with van der Waals surface area (Å²) in [6.45, 7) is 4.48. The summed E-state index contributed by atoms with van der Waals surface area (Å²) in [4.78, 5) is 0. The Balaban J connectivity index is 1.91. The monoisotopic (exact) mass is 259 g/mol. The molecule has 1 atom stereocenters. The molecule has 0 aliphatic heterocycles. The maximum absolute atomic E-state index is 6.45. The maximum Gasteiger partial charge on any atom is 0.0108 e. The third-order valence-corrected chi connectivity index (χ3v) is 4.62. The molecule has 2 N–H and O–H groups in total. The molecular weight excluding hydrogens is 230 g/mol. The van der Waals surface area contributed by atoms with Crippen LogP contribution in [0.4, 0.5) is 0 Å². The molecule has 2 rings (SSSR count). The first-order chi connectivity index (χ1) is 9.16. The smallest absolute Gasteiger partial charge is 0.0108 e. The Morgan fingerprint density at radius 2 is 1.58 bits per heavy atom. The van der Waals surface area contributed by atoms with E-state index in [0.717, 1.165) is 12.3 Å². The molecule has 1 saturated carbocycles. The van der Waals surface area contributed by atoms with Crippen LogP contribution in [0.15, 0.2) is 24.3 Å². The maximum atomic E-state index is 6.45. The van der Waals surface area contributed by atoms with Gasteiger partial charge < -0.3 is 5.73 Å². The molecule has 0 saturated heterocycles. The molecule has 1 fully saturated rings. The molecule has 1 aliphatic rings. The van der Waals surface area contributed by atoms with Gasteiger partial charge in [0.2, 0.25) is 0 Å². The molecule has 0 radical (unpaired) electrons. The topological polar surface area (TPSA) is 26.0 Å². The molecule has 0 amide bonds. The minimum absolute atomic E-state index is 0.350. The first-order valence-electron chi connectivity index (χ1n) is 8.01. The summed E-state index contributed by atoms with van der Waals surface area (Å²) in [5.41, 5.74) is 9.27. The van der Waals surface area contributed by atoms with Crippen LogP contribution in [0.25, 0.3) is 0 Å². The highest BCUT2D eigenvalue weighted by Gasteiger charge is 2.19. The fraction of sp³-hybridized carbons (Fsp3) is 0.667. The summed E-state index contributed by atoms with van der Waals surface area (Å²) in [5.74, 6) is 1.36. The van der Waals surface area contributed by atoms with E-state index in [0.29, 0.717) is 12.0 Å². The van der Waals surface area contributed by atoms with E-state index in [1.165, 1.54) is 49.7 Å². The summed E-state index contributed by atoms with van der Waals surface area (Å²) in [7, 11) is 0. The molecule has 0 aromatic heterocycles. The van der Waals surface area contributed by atoms with Gasteiger partial charge in [-0.2, -0.15) is 0 Å². The molecular formula is C18H29N. The molecule has 0 heterocycles. The zero-order valence-corrected chi connectivity index (χ0v) is 12.6. The quantitative estimate of drug-likeness (QED) is 0.783. The molecule has 1 heteroatoms. The number of hydrogen-bond donors (Lipinski definition) is 1. The van der Waals surface area contributed by atoms with Gasteiger partial charge in [-0.25, -0.2) is 0 Å². The number of rotatable bonds is 4. The number of benzene rings is 1. The van der Waals surface area contributed by atoms with Crippen LogP contribution in [0.1, 0.15) is 69.4 Å². The normalized spacial score (nSPS) is 19.4. The Bertz CT molecular complexity index is 358. The van der Waals surface area contributed by atoms with Gasteiger partial charge >= 0.3 is 0 Å². The van der Waals surface area contributed by atoms with Crippen molar-refractivity contribution in [3.05, 3.63) is 35.4 Å². The average Bonchev–Trinajstić information content (AvgIpc) is 2.68. The SMILES string of the molecule is CC(C)c1ccc(CC(N)C2CCCCCC2)cc1. The third kappa shape index (κ3) is 4.35. The van der Waals surface area contributed by atoms with Crippen molar-refractivity contribution in [2.75, 3.05) is 0 Å². The zero-order valence-electron chi connectivity index (χ0n) is 12.6. The van der Waals surface area contributed by atoms with E-state index in [1.807, 2.05) is 0 Å². The second kappa shape index (κ2) is 7.09. The Kier molecular flexibility index (Phi) is 5.45. The number of nitrogens with two attached hydrogens (primary N) is 1. The van der Waals surface area contributed by atoms with Crippen molar-refractivity contribution in [1.82, 2.24) is 0 Å². The van der Waals surface area contributed by atoms with E-state index in [1.54, 1.807) is 0 Å². The Morgan fingerprint density at radius 3 is 2.11 bits per heavy atom. The molecule has 0 spiro atoms. The number of hydrogen-bond acceptors (Lipinski definition) is 1. The highest BCUT2D eigenvalue weighted by Crippen LogP contribution is 2.26. The van der Waals surface area contributed by atoms with Crippen molar-refractivity contribution >= 4 is 0 Å². The summed E-state index contributed by atoms with van der Waals surface area (Å²) in [6.07, 6.45) is 9.30. The third-order valence-electron chi connectivity index (χ3n) is 4.62. The minimum Gasteiger partial charge on any atom is -0.327 e. The lowest BCUT2D eigenvalue weighted by Crippen LogP contribution is -2.32. The molecule has 0 bridgehead atoms. The second-order valence-corrected chi connectivity index (χ2v) is 6.52. The fourth-order valence-electron chi connectivity index (χ4n) is 3.22. The van der Waals surface area contributed by atoms with E-state index in [-0.39, 0.29) is 0 Å². The molecule has 1 aromatic carbocycles. The minimum atomic E-state index is 0.350. The van der Waals surface area contributed by atoms with E-state index < -0.39 is 0 Å². The van der Waals surface area contributed by atoms with Crippen molar-refractivity contribution < 1.29 is 0 Å². The zero-order chi connectivity index (χ0) is 13.7. The lowest BCUT2D eigenvalue weighted by molar-refractivity contribution is 0.372. The molecule has 106 valence electrons. The van der Waals surface area contributed by atoms with Crippen LogP contribution in [0, 0.1) is 5.92 Å². The molecule has 1 nitrogen and oxygen atoms in total. The first-order valence-corrected chi connectivity index (χ1v) is 8.01. The largest absolute Gasteiger partial charge is 0.327 e. The van der Waals surface area contributed by atoms with Gasteiger partial charge in [-0.3, -0.25) is 0 Å². The van der Waals surface area contributed by atoms with Gasteiger partial charge in [0.1, 0.15) is 0 Å². The fourth-order valence-corrected chi connectivity index (χ4v) is 3.22. The molecule has 19 heavy (non-hydrogen) atoms. The Hall–Kier alpha value is -0.820. The highest BCUT2D eigenvalue weighted by atomic mass is 14.6. The predicted octanol–water partition coefficient (Wildman–Crippen LogP) is 4.65.